The van der Waals surface area contributed by atoms with Gasteiger partial charge >= 0.3 is 5.97 Å². The second kappa shape index (κ2) is 5.22. The van der Waals surface area contributed by atoms with Crippen LogP contribution in [0.25, 0.3) is 0 Å². The molecule has 1 atom stereocenters. The van der Waals surface area contributed by atoms with Crippen LogP contribution >= 0.6 is 11.6 Å². The van der Waals surface area contributed by atoms with Crippen molar-refractivity contribution in [3.8, 4) is 0 Å². The number of benzene rings is 2. The van der Waals surface area contributed by atoms with E-state index in [9.17, 15) is 14.7 Å². The van der Waals surface area contributed by atoms with E-state index in [4.69, 9.17) is 11.6 Å². The van der Waals surface area contributed by atoms with Crippen molar-refractivity contribution in [2.24, 2.45) is 0 Å². The third-order valence-electron chi connectivity index (χ3n) is 3.58. The van der Waals surface area contributed by atoms with Crippen molar-refractivity contribution in [2.75, 3.05) is 4.90 Å². The fourth-order valence-corrected chi connectivity index (χ4v) is 2.70. The number of aliphatic carboxylic acids is 1. The van der Waals surface area contributed by atoms with Crippen LogP contribution in [0.5, 0.6) is 0 Å². The molecule has 0 saturated carbocycles. The molecule has 1 aliphatic heterocycles. The monoisotopic (exact) mass is 301 g/mol. The van der Waals surface area contributed by atoms with Crippen molar-refractivity contribution >= 4 is 29.2 Å². The SMILES string of the molecule is O=C(O)C1Cc2ccccc2C(=O)N1c1ccc(Cl)cc1. The van der Waals surface area contributed by atoms with Gasteiger partial charge in [-0.2, -0.15) is 0 Å². The van der Waals surface area contributed by atoms with Crippen LogP contribution in [-0.2, 0) is 11.2 Å². The van der Waals surface area contributed by atoms with Gasteiger partial charge in [-0.3, -0.25) is 9.69 Å². The van der Waals surface area contributed by atoms with Crippen LogP contribution in [0.2, 0.25) is 5.02 Å². The Morgan fingerprint density at radius 3 is 2.48 bits per heavy atom. The van der Waals surface area contributed by atoms with E-state index in [0.29, 0.717) is 22.7 Å². The zero-order valence-corrected chi connectivity index (χ0v) is 11.7. The largest absolute Gasteiger partial charge is 0.480 e. The van der Waals surface area contributed by atoms with Gasteiger partial charge in [0, 0.05) is 22.7 Å². The average molecular weight is 302 g/mol. The summed E-state index contributed by atoms with van der Waals surface area (Å²) < 4.78 is 0. The average Bonchev–Trinajstić information content (AvgIpc) is 2.48. The Kier molecular flexibility index (Phi) is 3.39. The highest BCUT2D eigenvalue weighted by Crippen LogP contribution is 2.29. The minimum atomic E-state index is -1.02. The summed E-state index contributed by atoms with van der Waals surface area (Å²) in [6.07, 6.45) is 0.292. The minimum absolute atomic E-state index is 0.292. The number of carboxylic acids is 1. The molecule has 1 aliphatic rings. The summed E-state index contributed by atoms with van der Waals surface area (Å²) in [6, 6.07) is 12.8. The molecule has 1 heterocycles. The Hall–Kier alpha value is -2.33. The van der Waals surface area contributed by atoms with E-state index in [1.807, 2.05) is 6.07 Å². The maximum Gasteiger partial charge on any atom is 0.327 e. The van der Waals surface area contributed by atoms with Gasteiger partial charge in [0.05, 0.1) is 0 Å². The molecule has 1 amide bonds. The van der Waals surface area contributed by atoms with Crippen molar-refractivity contribution < 1.29 is 14.7 Å². The Morgan fingerprint density at radius 1 is 1.14 bits per heavy atom. The minimum Gasteiger partial charge on any atom is -0.480 e. The number of carbonyl (C=O) groups is 2. The highest BCUT2D eigenvalue weighted by Gasteiger charge is 2.37. The van der Waals surface area contributed by atoms with E-state index in [1.54, 1.807) is 42.5 Å². The summed E-state index contributed by atoms with van der Waals surface area (Å²) in [7, 11) is 0. The van der Waals surface area contributed by atoms with Gasteiger partial charge in [0.25, 0.3) is 5.91 Å². The summed E-state index contributed by atoms with van der Waals surface area (Å²) in [5, 5.41) is 9.99. The number of nitrogens with zero attached hydrogens (tertiary/aromatic N) is 1. The van der Waals surface area contributed by atoms with E-state index in [0.717, 1.165) is 5.56 Å². The Bertz CT molecular complexity index is 712. The molecule has 2 aromatic rings. The molecule has 5 heteroatoms. The number of carboxylic acid groups (broad SMARTS) is 1. The van der Waals surface area contributed by atoms with Crippen molar-refractivity contribution in [3.63, 3.8) is 0 Å². The second-order valence-corrected chi connectivity index (χ2v) is 5.30. The normalized spacial score (nSPS) is 17.5. The summed E-state index contributed by atoms with van der Waals surface area (Å²) in [5.74, 6) is -1.32. The van der Waals surface area contributed by atoms with Gasteiger partial charge in [0.2, 0.25) is 0 Å². The number of rotatable bonds is 2. The maximum atomic E-state index is 12.6. The number of hydrogen-bond acceptors (Lipinski definition) is 2. The molecule has 2 aromatic carbocycles. The highest BCUT2D eigenvalue weighted by atomic mass is 35.5. The predicted octanol–water partition coefficient (Wildman–Crippen LogP) is 3.00. The molecule has 0 bridgehead atoms. The van der Waals surface area contributed by atoms with E-state index in [-0.39, 0.29) is 5.91 Å². The number of anilines is 1. The first kappa shape index (κ1) is 13.6. The molecule has 0 aromatic heterocycles. The van der Waals surface area contributed by atoms with E-state index >= 15 is 0 Å². The van der Waals surface area contributed by atoms with Gasteiger partial charge in [-0.25, -0.2) is 4.79 Å². The lowest BCUT2D eigenvalue weighted by Crippen LogP contribution is -2.50. The molecule has 4 nitrogen and oxygen atoms in total. The summed E-state index contributed by atoms with van der Waals surface area (Å²) in [4.78, 5) is 25.5. The van der Waals surface area contributed by atoms with Crippen LogP contribution < -0.4 is 4.90 Å². The number of carbonyl (C=O) groups excluding carboxylic acids is 1. The number of halogens is 1. The molecule has 0 saturated heterocycles. The van der Waals surface area contributed by atoms with Crippen LogP contribution in [0.4, 0.5) is 5.69 Å². The van der Waals surface area contributed by atoms with Crippen LogP contribution in [0.3, 0.4) is 0 Å². The molecule has 106 valence electrons. The second-order valence-electron chi connectivity index (χ2n) is 4.87. The molecular weight excluding hydrogens is 290 g/mol. The molecule has 21 heavy (non-hydrogen) atoms. The third kappa shape index (κ3) is 2.38. The zero-order valence-electron chi connectivity index (χ0n) is 11.0. The Labute approximate surface area is 126 Å². The first-order chi connectivity index (χ1) is 10.1. The number of fused-ring (bicyclic) bond motifs is 1. The third-order valence-corrected chi connectivity index (χ3v) is 3.83. The van der Waals surface area contributed by atoms with Gasteiger partial charge in [0.1, 0.15) is 6.04 Å². The smallest absolute Gasteiger partial charge is 0.327 e. The van der Waals surface area contributed by atoms with Gasteiger partial charge in [-0.05, 0) is 35.9 Å². The van der Waals surface area contributed by atoms with E-state index in [2.05, 4.69) is 0 Å². The molecule has 3 rings (SSSR count). The highest BCUT2D eigenvalue weighted by molar-refractivity contribution is 6.30. The van der Waals surface area contributed by atoms with Gasteiger partial charge < -0.3 is 5.11 Å². The lowest BCUT2D eigenvalue weighted by Gasteiger charge is -2.34. The molecule has 0 spiro atoms. The van der Waals surface area contributed by atoms with Crippen LogP contribution in [0.15, 0.2) is 48.5 Å². The Balaban J connectivity index is 2.10. The molecule has 1 unspecified atom stereocenters. The van der Waals surface area contributed by atoms with E-state index < -0.39 is 12.0 Å². The molecule has 0 radical (unpaired) electrons. The predicted molar refractivity (Wildman–Crippen MR) is 79.8 cm³/mol. The quantitative estimate of drug-likeness (QED) is 0.927. The fourth-order valence-electron chi connectivity index (χ4n) is 2.57. The molecule has 0 fully saturated rings. The van der Waals surface area contributed by atoms with Crippen molar-refractivity contribution in [1.82, 2.24) is 0 Å². The molecular formula is C16H12ClNO3. The standard InChI is InChI=1S/C16H12ClNO3/c17-11-5-7-12(8-6-11)18-14(16(20)21)9-10-3-1-2-4-13(10)15(18)19/h1-8,14H,9H2,(H,20,21). The van der Waals surface area contributed by atoms with Gasteiger partial charge in [-0.15, -0.1) is 0 Å². The maximum absolute atomic E-state index is 12.6. The van der Waals surface area contributed by atoms with Crippen LogP contribution in [-0.4, -0.2) is 23.0 Å². The van der Waals surface area contributed by atoms with Crippen LogP contribution in [0, 0.1) is 0 Å². The molecule has 1 N–H and O–H groups in total. The number of amides is 1. The van der Waals surface area contributed by atoms with Gasteiger partial charge in [0.15, 0.2) is 0 Å². The summed E-state index contributed by atoms with van der Waals surface area (Å²) in [5.41, 5.74) is 1.84. The van der Waals surface area contributed by atoms with Crippen molar-refractivity contribution in [1.29, 1.82) is 0 Å². The first-order valence-corrected chi connectivity index (χ1v) is 6.85. The van der Waals surface area contributed by atoms with Crippen molar-refractivity contribution in [2.45, 2.75) is 12.5 Å². The lowest BCUT2D eigenvalue weighted by molar-refractivity contribution is -0.138. The first-order valence-electron chi connectivity index (χ1n) is 6.48. The Morgan fingerprint density at radius 2 is 1.81 bits per heavy atom. The van der Waals surface area contributed by atoms with Crippen molar-refractivity contribution in [3.05, 3.63) is 64.7 Å². The molecule has 0 aliphatic carbocycles. The van der Waals surface area contributed by atoms with Crippen LogP contribution in [0.1, 0.15) is 15.9 Å². The topological polar surface area (TPSA) is 57.6 Å². The van der Waals surface area contributed by atoms with E-state index in [1.165, 1.54) is 4.90 Å². The summed E-state index contributed by atoms with van der Waals surface area (Å²) >= 11 is 5.85. The summed E-state index contributed by atoms with van der Waals surface area (Å²) in [6.45, 7) is 0. The lowest BCUT2D eigenvalue weighted by atomic mass is 9.93. The fraction of sp³-hybridized carbons (Fsp3) is 0.125. The van der Waals surface area contributed by atoms with Gasteiger partial charge in [-0.1, -0.05) is 29.8 Å². The zero-order chi connectivity index (χ0) is 15.0. The number of hydrogen-bond donors (Lipinski definition) is 1.